The lowest BCUT2D eigenvalue weighted by Crippen LogP contribution is -2.44. The van der Waals surface area contributed by atoms with Crippen LogP contribution in [0.1, 0.15) is 18.4 Å². The van der Waals surface area contributed by atoms with Gasteiger partial charge in [0.1, 0.15) is 5.82 Å². The summed E-state index contributed by atoms with van der Waals surface area (Å²) >= 11 is 0. The molecule has 0 atom stereocenters. The maximum Gasteiger partial charge on any atom is 0.132 e. The van der Waals surface area contributed by atoms with Gasteiger partial charge in [-0.05, 0) is 12.1 Å². The number of hydrogen-bond acceptors (Lipinski definition) is 4. The minimum Gasteiger partial charge on any atom is -0.388 e. The van der Waals surface area contributed by atoms with Gasteiger partial charge >= 0.3 is 0 Å². The molecule has 3 N–H and O–H groups in total. The van der Waals surface area contributed by atoms with Crippen LogP contribution in [0.25, 0.3) is 11.3 Å². The first-order valence-corrected chi connectivity index (χ1v) is 7.46. The first-order valence-electron chi connectivity index (χ1n) is 7.46. The molecule has 0 aliphatic carbocycles. The van der Waals surface area contributed by atoms with Gasteiger partial charge in [-0.2, -0.15) is 5.10 Å². The van der Waals surface area contributed by atoms with Crippen molar-refractivity contribution in [3.63, 3.8) is 0 Å². The summed E-state index contributed by atoms with van der Waals surface area (Å²) in [7, 11) is 0. The van der Waals surface area contributed by atoms with E-state index in [0.717, 1.165) is 5.56 Å². The van der Waals surface area contributed by atoms with Crippen LogP contribution in [0.15, 0.2) is 30.5 Å². The molecule has 0 radical (unpaired) electrons. The number of benzene rings is 1. The normalized spacial score (nSPS) is 17.5. The molecular weight excluding hydrogens is 285 g/mol. The van der Waals surface area contributed by atoms with Crippen LogP contribution in [0.5, 0.6) is 0 Å². The van der Waals surface area contributed by atoms with E-state index in [1.807, 2.05) is 0 Å². The standard InChI is InChI=1S/C16H20FN3O2/c17-14-4-2-1-3-13(14)15-12(10-19-20-15)9-18-11-16(21)5-7-22-8-6-16/h1-4,10,18,21H,5-9,11H2,(H,19,20). The third-order valence-corrected chi connectivity index (χ3v) is 4.05. The lowest BCUT2D eigenvalue weighted by molar-refractivity contribution is -0.0616. The molecule has 1 aromatic heterocycles. The summed E-state index contributed by atoms with van der Waals surface area (Å²) in [5.41, 5.74) is 1.33. The molecule has 0 amide bonds. The average Bonchev–Trinajstić information content (AvgIpc) is 2.96. The second-order valence-corrected chi connectivity index (χ2v) is 5.69. The average molecular weight is 305 g/mol. The molecule has 2 heterocycles. The van der Waals surface area contributed by atoms with Crippen molar-refractivity contribution in [2.75, 3.05) is 19.8 Å². The quantitative estimate of drug-likeness (QED) is 0.788. The van der Waals surface area contributed by atoms with E-state index < -0.39 is 5.60 Å². The number of aromatic amines is 1. The van der Waals surface area contributed by atoms with E-state index in [-0.39, 0.29) is 5.82 Å². The Morgan fingerprint density at radius 3 is 2.86 bits per heavy atom. The Morgan fingerprint density at radius 1 is 1.32 bits per heavy atom. The van der Waals surface area contributed by atoms with E-state index in [1.165, 1.54) is 6.07 Å². The number of ether oxygens (including phenoxy) is 1. The van der Waals surface area contributed by atoms with Crippen molar-refractivity contribution in [1.82, 2.24) is 15.5 Å². The number of nitrogens with one attached hydrogen (secondary N) is 2. The van der Waals surface area contributed by atoms with Crippen molar-refractivity contribution in [2.45, 2.75) is 25.0 Å². The van der Waals surface area contributed by atoms with Crippen LogP contribution in [-0.2, 0) is 11.3 Å². The number of H-pyrrole nitrogens is 1. The second-order valence-electron chi connectivity index (χ2n) is 5.69. The van der Waals surface area contributed by atoms with E-state index in [9.17, 15) is 9.50 Å². The Hall–Kier alpha value is -1.76. The molecule has 0 bridgehead atoms. The van der Waals surface area contributed by atoms with Gasteiger partial charge in [0.25, 0.3) is 0 Å². The first kappa shape index (κ1) is 15.1. The van der Waals surface area contributed by atoms with Crippen LogP contribution in [0, 0.1) is 5.82 Å². The molecule has 1 aliphatic rings. The molecule has 0 saturated carbocycles. The number of aliphatic hydroxyl groups is 1. The van der Waals surface area contributed by atoms with Crippen molar-refractivity contribution in [2.24, 2.45) is 0 Å². The van der Waals surface area contributed by atoms with Gasteiger partial charge in [0.2, 0.25) is 0 Å². The van der Waals surface area contributed by atoms with Crippen LogP contribution >= 0.6 is 0 Å². The number of halogens is 1. The third-order valence-electron chi connectivity index (χ3n) is 4.05. The van der Waals surface area contributed by atoms with E-state index in [0.29, 0.717) is 50.4 Å². The summed E-state index contributed by atoms with van der Waals surface area (Å²) in [5, 5.41) is 20.5. The topological polar surface area (TPSA) is 70.2 Å². The molecule has 22 heavy (non-hydrogen) atoms. The van der Waals surface area contributed by atoms with E-state index in [4.69, 9.17) is 4.74 Å². The molecule has 2 aromatic rings. The van der Waals surface area contributed by atoms with Crippen LogP contribution in [0.3, 0.4) is 0 Å². The number of nitrogens with zero attached hydrogens (tertiary/aromatic N) is 1. The van der Waals surface area contributed by atoms with Gasteiger partial charge in [0, 0.05) is 50.3 Å². The molecule has 5 nitrogen and oxygen atoms in total. The summed E-state index contributed by atoms with van der Waals surface area (Å²) in [6.45, 7) is 2.18. The summed E-state index contributed by atoms with van der Waals surface area (Å²) < 4.78 is 19.1. The predicted octanol–water partition coefficient (Wildman–Crippen LogP) is 1.85. The van der Waals surface area contributed by atoms with Crippen LogP contribution in [-0.4, -0.2) is 40.7 Å². The molecule has 1 saturated heterocycles. The minimum absolute atomic E-state index is 0.281. The minimum atomic E-state index is -0.722. The fraction of sp³-hybridized carbons (Fsp3) is 0.438. The lowest BCUT2D eigenvalue weighted by Gasteiger charge is -2.32. The molecular formula is C16H20FN3O2. The van der Waals surface area contributed by atoms with Crippen molar-refractivity contribution in [3.05, 3.63) is 41.8 Å². The second kappa shape index (κ2) is 6.56. The highest BCUT2D eigenvalue weighted by Gasteiger charge is 2.29. The summed E-state index contributed by atoms with van der Waals surface area (Å²) in [6.07, 6.45) is 2.94. The maximum absolute atomic E-state index is 13.9. The number of hydrogen-bond donors (Lipinski definition) is 3. The monoisotopic (exact) mass is 305 g/mol. The molecule has 1 aromatic carbocycles. The summed E-state index contributed by atoms with van der Waals surface area (Å²) in [4.78, 5) is 0. The zero-order chi connectivity index (χ0) is 15.4. The molecule has 0 unspecified atom stereocenters. The van der Waals surface area contributed by atoms with Crippen LogP contribution in [0.4, 0.5) is 4.39 Å². The Balaban J connectivity index is 1.65. The SMILES string of the molecule is OC1(CNCc2cn[nH]c2-c2ccccc2F)CCOCC1. The van der Waals surface area contributed by atoms with Gasteiger partial charge in [-0.15, -0.1) is 0 Å². The smallest absolute Gasteiger partial charge is 0.132 e. The van der Waals surface area contributed by atoms with E-state index in [2.05, 4.69) is 15.5 Å². The maximum atomic E-state index is 13.9. The first-order chi connectivity index (χ1) is 10.7. The highest BCUT2D eigenvalue weighted by Crippen LogP contribution is 2.24. The number of rotatable bonds is 5. The highest BCUT2D eigenvalue weighted by atomic mass is 19.1. The predicted molar refractivity (Wildman–Crippen MR) is 80.7 cm³/mol. The summed E-state index contributed by atoms with van der Waals surface area (Å²) in [5.74, 6) is -0.281. The van der Waals surface area contributed by atoms with Gasteiger partial charge in [0.15, 0.2) is 0 Å². The molecule has 1 fully saturated rings. The Labute approximate surface area is 128 Å². The van der Waals surface area contributed by atoms with Crippen molar-refractivity contribution in [1.29, 1.82) is 0 Å². The van der Waals surface area contributed by atoms with Gasteiger partial charge < -0.3 is 15.2 Å². The molecule has 0 spiro atoms. The summed E-state index contributed by atoms with van der Waals surface area (Å²) in [6, 6.07) is 6.60. The molecule has 1 aliphatic heterocycles. The van der Waals surface area contributed by atoms with Crippen LogP contribution < -0.4 is 5.32 Å². The third kappa shape index (κ3) is 3.35. The van der Waals surface area contributed by atoms with Gasteiger partial charge in [-0.1, -0.05) is 12.1 Å². The zero-order valence-corrected chi connectivity index (χ0v) is 12.3. The number of aromatic nitrogens is 2. The van der Waals surface area contributed by atoms with Gasteiger partial charge in [0.05, 0.1) is 17.5 Å². The van der Waals surface area contributed by atoms with Crippen molar-refractivity contribution >= 4 is 0 Å². The van der Waals surface area contributed by atoms with Crippen LogP contribution in [0.2, 0.25) is 0 Å². The zero-order valence-electron chi connectivity index (χ0n) is 12.3. The molecule has 118 valence electrons. The van der Waals surface area contributed by atoms with Crippen molar-refractivity contribution in [3.8, 4) is 11.3 Å². The Morgan fingerprint density at radius 2 is 2.09 bits per heavy atom. The van der Waals surface area contributed by atoms with E-state index >= 15 is 0 Å². The van der Waals surface area contributed by atoms with Gasteiger partial charge in [-0.25, -0.2) is 4.39 Å². The fourth-order valence-electron chi connectivity index (χ4n) is 2.70. The fourth-order valence-corrected chi connectivity index (χ4v) is 2.70. The van der Waals surface area contributed by atoms with Crippen molar-refractivity contribution < 1.29 is 14.2 Å². The largest absolute Gasteiger partial charge is 0.388 e. The Bertz CT molecular complexity index is 623. The Kier molecular flexibility index (Phi) is 4.52. The van der Waals surface area contributed by atoms with E-state index in [1.54, 1.807) is 24.4 Å². The highest BCUT2D eigenvalue weighted by molar-refractivity contribution is 5.63. The molecule has 3 rings (SSSR count). The van der Waals surface area contributed by atoms with Gasteiger partial charge in [-0.3, -0.25) is 5.10 Å². The molecule has 6 heteroatoms. The lowest BCUT2D eigenvalue weighted by atomic mass is 9.94.